The van der Waals surface area contributed by atoms with Crippen molar-refractivity contribution >= 4 is 27.9 Å². The van der Waals surface area contributed by atoms with E-state index in [0.717, 1.165) is 0 Å². The van der Waals surface area contributed by atoms with E-state index < -0.39 is 21.8 Å². The van der Waals surface area contributed by atoms with Crippen LogP contribution in [0.1, 0.15) is 16.1 Å². The molecule has 1 aromatic heterocycles. The number of hydrogen-bond acceptors (Lipinski definition) is 7. The van der Waals surface area contributed by atoms with Gasteiger partial charge in [0.15, 0.2) is 0 Å². The number of methoxy groups -OCH3 is 1. The van der Waals surface area contributed by atoms with Gasteiger partial charge in [-0.3, -0.25) is 25.4 Å². The molecule has 0 bridgehead atoms. The first-order valence-electron chi connectivity index (χ1n) is 9.37. The van der Waals surface area contributed by atoms with E-state index in [1.807, 2.05) is 0 Å². The summed E-state index contributed by atoms with van der Waals surface area (Å²) in [6, 6.07) is 9.39. The molecular formula is C20H22N4O6S. The Morgan fingerprint density at radius 3 is 2.61 bits per heavy atom. The first kappa shape index (κ1) is 22.4. The number of aromatic nitrogens is 1. The number of hydrazine groups is 1. The first-order valence-corrected chi connectivity index (χ1v) is 10.8. The van der Waals surface area contributed by atoms with Gasteiger partial charge in [0.25, 0.3) is 11.8 Å². The van der Waals surface area contributed by atoms with Gasteiger partial charge in [-0.15, -0.1) is 0 Å². The highest BCUT2D eigenvalue weighted by Gasteiger charge is 2.29. The third-order valence-corrected chi connectivity index (χ3v) is 6.32. The number of sulfonamides is 1. The smallest absolute Gasteiger partial charge is 0.288 e. The topological polar surface area (TPSA) is 127 Å². The molecule has 1 aliphatic rings. The summed E-state index contributed by atoms with van der Waals surface area (Å²) in [6.07, 6.45) is 4.06. The lowest BCUT2D eigenvalue weighted by Gasteiger charge is -2.26. The standard InChI is InChI=1S/C20H22N4O6S/c1-29-17-7-5-15(14-18(17)31(27,28)24-10-12-30-13-11-24)6-8-19(25)22-23-20(26)16-4-2-3-9-21-16/h2-9,14H,10-13H2,1H3,(H,22,25)(H,23,26)/b8-6+. The van der Waals surface area contributed by atoms with Crippen LogP contribution in [0.3, 0.4) is 0 Å². The molecule has 2 amide bonds. The van der Waals surface area contributed by atoms with E-state index in [1.165, 1.54) is 48.0 Å². The Hall–Kier alpha value is -3.28. The molecule has 3 rings (SSSR count). The molecule has 0 aliphatic carbocycles. The summed E-state index contributed by atoms with van der Waals surface area (Å²) >= 11 is 0. The van der Waals surface area contributed by atoms with Crippen LogP contribution in [0.4, 0.5) is 0 Å². The van der Waals surface area contributed by atoms with Crippen molar-refractivity contribution < 1.29 is 27.5 Å². The zero-order valence-electron chi connectivity index (χ0n) is 16.8. The summed E-state index contributed by atoms with van der Waals surface area (Å²) in [5.41, 5.74) is 5.11. The Morgan fingerprint density at radius 2 is 1.94 bits per heavy atom. The van der Waals surface area contributed by atoms with Gasteiger partial charge in [-0.25, -0.2) is 8.42 Å². The van der Waals surface area contributed by atoms with Gasteiger partial charge in [-0.05, 0) is 35.9 Å². The van der Waals surface area contributed by atoms with Crippen molar-refractivity contribution in [2.45, 2.75) is 4.90 Å². The minimum atomic E-state index is -3.79. The maximum atomic E-state index is 13.0. The summed E-state index contributed by atoms with van der Waals surface area (Å²) in [5, 5.41) is 0. The first-order chi connectivity index (χ1) is 14.9. The molecule has 0 unspecified atom stereocenters. The van der Waals surface area contributed by atoms with Gasteiger partial charge in [0.05, 0.1) is 20.3 Å². The fourth-order valence-corrected chi connectivity index (χ4v) is 4.42. The van der Waals surface area contributed by atoms with Crippen molar-refractivity contribution in [1.82, 2.24) is 20.1 Å². The highest BCUT2D eigenvalue weighted by atomic mass is 32.2. The largest absolute Gasteiger partial charge is 0.495 e. The molecule has 31 heavy (non-hydrogen) atoms. The summed E-state index contributed by atoms with van der Waals surface area (Å²) in [7, 11) is -2.40. The second-order valence-electron chi connectivity index (χ2n) is 6.42. The molecule has 2 heterocycles. The van der Waals surface area contributed by atoms with Crippen molar-refractivity contribution in [3.05, 3.63) is 59.9 Å². The molecule has 0 spiro atoms. The van der Waals surface area contributed by atoms with E-state index in [9.17, 15) is 18.0 Å². The third kappa shape index (κ3) is 5.66. The minimum absolute atomic E-state index is 0.00270. The van der Waals surface area contributed by atoms with Gasteiger partial charge >= 0.3 is 0 Å². The maximum Gasteiger partial charge on any atom is 0.288 e. The van der Waals surface area contributed by atoms with E-state index in [1.54, 1.807) is 18.2 Å². The van der Waals surface area contributed by atoms with E-state index in [4.69, 9.17) is 9.47 Å². The summed E-state index contributed by atoms with van der Waals surface area (Å²) in [6.45, 7) is 1.16. The Morgan fingerprint density at radius 1 is 1.16 bits per heavy atom. The molecular weight excluding hydrogens is 424 g/mol. The Kier molecular flexibility index (Phi) is 7.34. The zero-order chi connectivity index (χ0) is 22.3. The number of ether oxygens (including phenoxy) is 2. The molecule has 2 N–H and O–H groups in total. The lowest BCUT2D eigenvalue weighted by Crippen LogP contribution is -2.41. The van der Waals surface area contributed by atoms with Gasteiger partial charge in [-0.1, -0.05) is 12.1 Å². The van der Waals surface area contributed by atoms with Gasteiger partial charge in [0.1, 0.15) is 16.3 Å². The Balaban J connectivity index is 1.70. The normalized spacial score (nSPS) is 14.9. The molecule has 1 aromatic carbocycles. The number of hydrogen-bond donors (Lipinski definition) is 2. The van der Waals surface area contributed by atoms with Crippen molar-refractivity contribution in [3.8, 4) is 5.75 Å². The molecule has 1 saturated heterocycles. The number of benzene rings is 1. The van der Waals surface area contributed by atoms with Crippen LogP contribution < -0.4 is 15.6 Å². The molecule has 0 atom stereocenters. The number of morpholine rings is 1. The van der Waals surface area contributed by atoms with Crippen molar-refractivity contribution in [2.24, 2.45) is 0 Å². The quantitative estimate of drug-likeness (QED) is 0.491. The SMILES string of the molecule is COc1ccc(/C=C/C(=O)NNC(=O)c2ccccn2)cc1S(=O)(=O)N1CCOCC1. The van der Waals surface area contributed by atoms with E-state index in [0.29, 0.717) is 18.8 Å². The van der Waals surface area contributed by atoms with Crippen molar-refractivity contribution in [1.29, 1.82) is 0 Å². The summed E-state index contributed by atoms with van der Waals surface area (Å²) in [5.74, 6) is -0.959. The zero-order valence-corrected chi connectivity index (χ0v) is 17.6. The van der Waals surface area contributed by atoms with Crippen LogP contribution in [-0.2, 0) is 19.6 Å². The molecule has 0 saturated carbocycles. The predicted molar refractivity (Wildman–Crippen MR) is 111 cm³/mol. The third-order valence-electron chi connectivity index (χ3n) is 4.40. The fourth-order valence-electron chi connectivity index (χ4n) is 2.82. The number of nitrogens with one attached hydrogen (secondary N) is 2. The maximum absolute atomic E-state index is 13.0. The van der Waals surface area contributed by atoms with Crippen LogP contribution in [0.2, 0.25) is 0 Å². The lowest BCUT2D eigenvalue weighted by atomic mass is 10.2. The average Bonchev–Trinajstić information content (AvgIpc) is 2.82. The molecule has 11 heteroatoms. The number of carbonyl (C=O) groups is 2. The predicted octanol–water partition coefficient (Wildman–Crippen LogP) is 0.586. The van der Waals surface area contributed by atoms with Crippen LogP contribution in [0.5, 0.6) is 5.75 Å². The number of amides is 2. The Labute approximate surface area is 179 Å². The second-order valence-corrected chi connectivity index (χ2v) is 8.32. The summed E-state index contributed by atoms with van der Waals surface area (Å²) < 4.78 is 37.8. The van der Waals surface area contributed by atoms with E-state index in [2.05, 4.69) is 15.8 Å². The van der Waals surface area contributed by atoms with Crippen molar-refractivity contribution in [3.63, 3.8) is 0 Å². The van der Waals surface area contributed by atoms with Crippen LogP contribution in [0.25, 0.3) is 6.08 Å². The van der Waals surface area contributed by atoms with Crippen LogP contribution in [-0.4, -0.2) is 62.9 Å². The van der Waals surface area contributed by atoms with Gasteiger partial charge < -0.3 is 9.47 Å². The summed E-state index contributed by atoms with van der Waals surface area (Å²) in [4.78, 5) is 27.8. The van der Waals surface area contributed by atoms with Crippen molar-refractivity contribution in [2.75, 3.05) is 33.4 Å². The number of nitrogens with zero attached hydrogens (tertiary/aromatic N) is 2. The van der Waals surface area contributed by atoms with Gasteiger partial charge in [0, 0.05) is 25.4 Å². The highest BCUT2D eigenvalue weighted by Crippen LogP contribution is 2.28. The second kappa shape index (κ2) is 10.2. The number of pyridine rings is 1. The number of rotatable bonds is 6. The molecule has 164 valence electrons. The van der Waals surface area contributed by atoms with Gasteiger partial charge in [-0.2, -0.15) is 4.31 Å². The fraction of sp³-hybridized carbons (Fsp3) is 0.250. The van der Waals surface area contributed by atoms with E-state index in [-0.39, 0.29) is 29.4 Å². The molecule has 10 nitrogen and oxygen atoms in total. The molecule has 0 radical (unpaired) electrons. The van der Waals surface area contributed by atoms with Crippen LogP contribution in [0.15, 0.2) is 53.6 Å². The lowest BCUT2D eigenvalue weighted by molar-refractivity contribution is -0.117. The highest BCUT2D eigenvalue weighted by molar-refractivity contribution is 7.89. The Bertz CT molecular complexity index is 1070. The molecule has 1 aliphatic heterocycles. The molecule has 1 fully saturated rings. The number of carbonyl (C=O) groups excluding carboxylic acids is 2. The van der Waals surface area contributed by atoms with E-state index >= 15 is 0 Å². The van der Waals surface area contributed by atoms with Crippen LogP contribution in [0, 0.1) is 0 Å². The average molecular weight is 446 g/mol. The van der Waals surface area contributed by atoms with Gasteiger partial charge in [0.2, 0.25) is 10.0 Å². The van der Waals surface area contributed by atoms with Crippen LogP contribution >= 0.6 is 0 Å². The monoisotopic (exact) mass is 446 g/mol. The molecule has 2 aromatic rings. The minimum Gasteiger partial charge on any atom is -0.495 e.